The van der Waals surface area contributed by atoms with Crippen LogP contribution in [0.1, 0.15) is 25.7 Å². The highest BCUT2D eigenvalue weighted by atomic mass is 79.9. The van der Waals surface area contributed by atoms with Gasteiger partial charge in [0.25, 0.3) is 0 Å². The van der Waals surface area contributed by atoms with Crippen LogP contribution < -0.4 is 4.72 Å². The van der Waals surface area contributed by atoms with E-state index >= 15 is 0 Å². The molecule has 21 heavy (non-hydrogen) atoms. The van der Waals surface area contributed by atoms with E-state index in [4.69, 9.17) is 11.6 Å². The van der Waals surface area contributed by atoms with E-state index in [-0.39, 0.29) is 9.92 Å². The summed E-state index contributed by atoms with van der Waals surface area (Å²) in [7, 11) is -3.55. The van der Waals surface area contributed by atoms with Gasteiger partial charge in [-0.2, -0.15) is 0 Å². The molecule has 1 aliphatic heterocycles. The maximum Gasteiger partial charge on any atom is 0.242 e. The van der Waals surface area contributed by atoms with Crippen LogP contribution >= 0.6 is 27.5 Å². The Morgan fingerprint density at radius 1 is 1.19 bits per heavy atom. The molecular weight excluding hydrogens is 376 g/mol. The molecule has 118 valence electrons. The van der Waals surface area contributed by atoms with Crippen molar-refractivity contribution in [2.45, 2.75) is 30.6 Å². The molecule has 0 bridgehead atoms. The third-order valence-corrected chi connectivity index (χ3v) is 6.04. The van der Waals surface area contributed by atoms with Gasteiger partial charge in [0.1, 0.15) is 4.90 Å². The first-order chi connectivity index (χ1) is 9.99. The van der Waals surface area contributed by atoms with Crippen LogP contribution in [0.15, 0.2) is 27.6 Å². The first kappa shape index (κ1) is 17.2. The minimum atomic E-state index is -3.55. The number of likely N-dealkylation sites (tertiary alicyclic amines) is 1. The number of benzene rings is 1. The van der Waals surface area contributed by atoms with E-state index in [1.165, 1.54) is 31.7 Å². The Bertz CT molecular complexity index is 572. The highest BCUT2D eigenvalue weighted by Gasteiger charge is 2.18. The fourth-order valence-corrected chi connectivity index (χ4v) is 4.53. The summed E-state index contributed by atoms with van der Waals surface area (Å²) in [5.41, 5.74) is 0. The molecule has 1 saturated heterocycles. The van der Waals surface area contributed by atoms with Gasteiger partial charge in [-0.25, -0.2) is 13.1 Å². The summed E-state index contributed by atoms with van der Waals surface area (Å²) in [6.07, 6.45) is 4.95. The van der Waals surface area contributed by atoms with E-state index in [9.17, 15) is 8.42 Å². The maximum atomic E-state index is 12.2. The first-order valence-corrected chi connectivity index (χ1v) is 9.81. The summed E-state index contributed by atoms with van der Waals surface area (Å²) in [6, 6.07) is 4.78. The zero-order valence-electron chi connectivity index (χ0n) is 11.8. The van der Waals surface area contributed by atoms with Gasteiger partial charge < -0.3 is 4.90 Å². The quantitative estimate of drug-likeness (QED) is 0.832. The lowest BCUT2D eigenvalue weighted by molar-refractivity contribution is 0.290. The number of hydrogen-bond acceptors (Lipinski definition) is 3. The minimum absolute atomic E-state index is 0.128. The summed E-state index contributed by atoms with van der Waals surface area (Å²) in [5, 5.41) is 0.228. The van der Waals surface area contributed by atoms with E-state index in [1.807, 2.05) is 0 Å². The molecule has 0 atom stereocenters. The van der Waals surface area contributed by atoms with Crippen molar-refractivity contribution < 1.29 is 8.42 Å². The molecule has 4 nitrogen and oxygen atoms in total. The van der Waals surface area contributed by atoms with Gasteiger partial charge in [0, 0.05) is 17.6 Å². The van der Waals surface area contributed by atoms with Gasteiger partial charge in [0.15, 0.2) is 0 Å². The second-order valence-electron chi connectivity index (χ2n) is 5.23. The minimum Gasteiger partial charge on any atom is -0.302 e. The lowest BCUT2D eigenvalue weighted by atomic mass is 10.2. The molecule has 0 saturated carbocycles. The average Bonchev–Trinajstić information content (AvgIpc) is 2.66. The third-order valence-electron chi connectivity index (χ3n) is 3.60. The molecule has 1 aliphatic rings. The van der Waals surface area contributed by atoms with Gasteiger partial charge in [-0.15, -0.1) is 0 Å². The van der Waals surface area contributed by atoms with Crippen LogP contribution in [0, 0.1) is 0 Å². The fraction of sp³-hybridized carbons (Fsp3) is 0.571. The molecule has 1 aromatic carbocycles. The van der Waals surface area contributed by atoms with Gasteiger partial charge >= 0.3 is 0 Å². The molecule has 0 unspecified atom stereocenters. The average molecular weight is 396 g/mol. The smallest absolute Gasteiger partial charge is 0.242 e. The van der Waals surface area contributed by atoms with Crippen molar-refractivity contribution in [2.24, 2.45) is 0 Å². The summed E-state index contributed by atoms with van der Waals surface area (Å²) < 4.78 is 27.9. The van der Waals surface area contributed by atoms with Gasteiger partial charge in [-0.05, 0) is 44.1 Å². The second-order valence-corrected chi connectivity index (χ2v) is 8.29. The van der Waals surface area contributed by atoms with Crippen molar-refractivity contribution in [2.75, 3.05) is 26.2 Å². The van der Waals surface area contributed by atoms with Crippen LogP contribution in [0.5, 0.6) is 0 Å². The predicted octanol–water partition coefficient (Wildman–Crippen LogP) is 3.26. The van der Waals surface area contributed by atoms with Gasteiger partial charge in [0.05, 0.1) is 5.02 Å². The highest BCUT2D eigenvalue weighted by Crippen LogP contribution is 2.24. The van der Waals surface area contributed by atoms with Crippen molar-refractivity contribution in [3.63, 3.8) is 0 Å². The Labute approximate surface area is 140 Å². The lowest BCUT2D eigenvalue weighted by Gasteiger charge is -2.19. The molecule has 0 aromatic heterocycles. The van der Waals surface area contributed by atoms with Crippen LogP contribution in [-0.2, 0) is 10.0 Å². The summed E-state index contributed by atoms with van der Waals surface area (Å²) >= 11 is 9.27. The topological polar surface area (TPSA) is 49.4 Å². The SMILES string of the molecule is O=S(=O)(NCCN1CCCCCC1)c1ccc(Br)cc1Cl. The van der Waals surface area contributed by atoms with E-state index < -0.39 is 10.0 Å². The number of rotatable bonds is 5. The molecule has 0 amide bonds. The van der Waals surface area contributed by atoms with Crippen LogP contribution in [0.2, 0.25) is 5.02 Å². The number of halogens is 2. The molecule has 0 spiro atoms. The van der Waals surface area contributed by atoms with E-state index in [2.05, 4.69) is 25.6 Å². The molecule has 2 rings (SSSR count). The Balaban J connectivity index is 1.91. The first-order valence-electron chi connectivity index (χ1n) is 7.16. The molecular formula is C14H20BrClN2O2S. The molecule has 0 aliphatic carbocycles. The molecule has 7 heteroatoms. The van der Waals surface area contributed by atoms with Gasteiger partial charge in [-0.3, -0.25) is 0 Å². The van der Waals surface area contributed by atoms with Gasteiger partial charge in [-0.1, -0.05) is 40.4 Å². The standard InChI is InChI=1S/C14H20BrClN2O2S/c15-12-5-6-14(13(16)11-12)21(19,20)17-7-10-18-8-3-1-2-4-9-18/h5-6,11,17H,1-4,7-10H2. The summed E-state index contributed by atoms with van der Waals surface area (Å²) in [5.74, 6) is 0. The van der Waals surface area contributed by atoms with Crippen LogP contribution in [0.25, 0.3) is 0 Å². The van der Waals surface area contributed by atoms with Crippen molar-refractivity contribution in [3.05, 3.63) is 27.7 Å². The Morgan fingerprint density at radius 2 is 1.86 bits per heavy atom. The Hall–Kier alpha value is -0.140. The monoisotopic (exact) mass is 394 g/mol. The largest absolute Gasteiger partial charge is 0.302 e. The summed E-state index contributed by atoms with van der Waals surface area (Å²) in [4.78, 5) is 2.45. The van der Waals surface area contributed by atoms with Crippen molar-refractivity contribution in [1.29, 1.82) is 0 Å². The number of sulfonamides is 1. The Kier molecular flexibility index (Phi) is 6.50. The maximum absolute atomic E-state index is 12.2. The van der Waals surface area contributed by atoms with Crippen LogP contribution in [0.3, 0.4) is 0 Å². The highest BCUT2D eigenvalue weighted by molar-refractivity contribution is 9.10. The van der Waals surface area contributed by atoms with Crippen LogP contribution in [0.4, 0.5) is 0 Å². The van der Waals surface area contributed by atoms with Crippen molar-refractivity contribution >= 4 is 37.6 Å². The van der Waals surface area contributed by atoms with Crippen molar-refractivity contribution in [1.82, 2.24) is 9.62 Å². The predicted molar refractivity (Wildman–Crippen MR) is 89.2 cm³/mol. The normalized spacial score (nSPS) is 17.6. The zero-order chi connectivity index (χ0) is 15.3. The lowest BCUT2D eigenvalue weighted by Crippen LogP contribution is -2.35. The third kappa shape index (κ3) is 5.21. The number of nitrogens with zero attached hydrogens (tertiary/aromatic N) is 1. The molecule has 1 aromatic rings. The van der Waals surface area contributed by atoms with Crippen molar-refractivity contribution in [3.8, 4) is 0 Å². The molecule has 0 radical (unpaired) electrons. The van der Waals surface area contributed by atoms with E-state index in [0.29, 0.717) is 6.54 Å². The summed E-state index contributed by atoms with van der Waals surface area (Å²) in [6.45, 7) is 3.27. The zero-order valence-corrected chi connectivity index (χ0v) is 15.0. The number of hydrogen-bond donors (Lipinski definition) is 1. The van der Waals surface area contributed by atoms with Gasteiger partial charge in [0.2, 0.25) is 10.0 Å². The molecule has 1 heterocycles. The number of nitrogens with one attached hydrogen (secondary N) is 1. The molecule has 1 fully saturated rings. The van der Waals surface area contributed by atoms with E-state index in [1.54, 1.807) is 12.1 Å². The van der Waals surface area contributed by atoms with E-state index in [0.717, 1.165) is 24.1 Å². The Morgan fingerprint density at radius 3 is 2.48 bits per heavy atom. The molecule has 1 N–H and O–H groups in total. The fourth-order valence-electron chi connectivity index (χ4n) is 2.47. The van der Waals surface area contributed by atoms with Crippen LogP contribution in [-0.4, -0.2) is 39.5 Å². The second kappa shape index (κ2) is 7.92.